The summed E-state index contributed by atoms with van der Waals surface area (Å²) in [6.07, 6.45) is 4.36. The van der Waals surface area contributed by atoms with E-state index in [1.165, 1.54) is 10.9 Å². The molecule has 1 atom stereocenters. The first kappa shape index (κ1) is 16.2. The van der Waals surface area contributed by atoms with Crippen molar-refractivity contribution in [2.45, 2.75) is 46.1 Å². The second-order valence-corrected chi connectivity index (χ2v) is 5.57. The zero-order valence-electron chi connectivity index (χ0n) is 12.5. The van der Waals surface area contributed by atoms with Gasteiger partial charge in [0.15, 0.2) is 5.69 Å². The van der Waals surface area contributed by atoms with Crippen molar-refractivity contribution in [1.29, 1.82) is 0 Å². The molecular formula is C14H23N3O3. The van der Waals surface area contributed by atoms with Gasteiger partial charge in [0.05, 0.1) is 0 Å². The molecule has 0 aromatic carbocycles. The van der Waals surface area contributed by atoms with E-state index in [2.05, 4.69) is 24.3 Å². The minimum absolute atomic E-state index is 0.00454. The molecule has 20 heavy (non-hydrogen) atoms. The maximum Gasteiger partial charge on any atom is 0.339 e. The molecule has 0 unspecified atom stereocenters. The molecule has 1 rings (SSSR count). The topological polar surface area (TPSA) is 84.2 Å². The Morgan fingerprint density at radius 1 is 1.35 bits per heavy atom. The van der Waals surface area contributed by atoms with Crippen LogP contribution in [-0.4, -0.2) is 32.8 Å². The Kier molecular flexibility index (Phi) is 5.73. The summed E-state index contributed by atoms with van der Waals surface area (Å²) in [5.74, 6) is -0.928. The zero-order valence-corrected chi connectivity index (χ0v) is 12.5. The molecule has 2 N–H and O–H groups in total. The number of aromatic nitrogens is 2. The van der Waals surface area contributed by atoms with Gasteiger partial charge >= 0.3 is 5.97 Å². The fraction of sp³-hybridized carbons (Fsp3) is 0.643. The number of aromatic carboxylic acids is 1. The van der Waals surface area contributed by atoms with Crippen molar-refractivity contribution in [2.24, 2.45) is 13.0 Å². The molecule has 0 aliphatic heterocycles. The minimum atomic E-state index is -1.14. The Hall–Kier alpha value is -1.85. The van der Waals surface area contributed by atoms with E-state index < -0.39 is 11.9 Å². The number of nitrogens with zero attached hydrogens (tertiary/aromatic N) is 2. The summed E-state index contributed by atoms with van der Waals surface area (Å²) in [5.41, 5.74) is -0.102. The van der Waals surface area contributed by atoms with Crippen molar-refractivity contribution in [3.8, 4) is 0 Å². The van der Waals surface area contributed by atoms with Crippen molar-refractivity contribution in [3.63, 3.8) is 0 Å². The monoisotopic (exact) mass is 281 g/mol. The number of carbonyl (C=O) groups is 2. The molecule has 0 radical (unpaired) electrons. The predicted octanol–water partition coefficient (Wildman–Crippen LogP) is 2.06. The number of rotatable bonds is 7. The van der Waals surface area contributed by atoms with Crippen LogP contribution in [0, 0.1) is 5.92 Å². The number of nitrogens with one attached hydrogen (secondary N) is 1. The Morgan fingerprint density at radius 3 is 2.55 bits per heavy atom. The maximum absolute atomic E-state index is 12.0. The van der Waals surface area contributed by atoms with Gasteiger partial charge in [-0.1, -0.05) is 26.7 Å². The fourth-order valence-electron chi connectivity index (χ4n) is 2.01. The lowest BCUT2D eigenvalue weighted by atomic mass is 10.0. The summed E-state index contributed by atoms with van der Waals surface area (Å²) in [5, 5.41) is 15.7. The number of carboxylic acids is 1. The third kappa shape index (κ3) is 4.68. The quantitative estimate of drug-likeness (QED) is 0.801. The van der Waals surface area contributed by atoms with E-state index in [1.807, 2.05) is 6.92 Å². The molecule has 6 heteroatoms. The van der Waals surface area contributed by atoms with Crippen LogP contribution in [0.5, 0.6) is 0 Å². The molecule has 0 fully saturated rings. The maximum atomic E-state index is 12.0. The van der Waals surface area contributed by atoms with Gasteiger partial charge < -0.3 is 10.4 Å². The molecule has 1 aromatic heterocycles. The smallest absolute Gasteiger partial charge is 0.339 e. The SMILES string of the molecule is CC(C)CCC[C@@H](C)NC(=O)c1nn(C)cc1C(=O)O. The van der Waals surface area contributed by atoms with Gasteiger partial charge in [-0.2, -0.15) is 5.10 Å². The molecule has 0 aliphatic rings. The Labute approximate surface area is 119 Å². The fourth-order valence-corrected chi connectivity index (χ4v) is 2.01. The predicted molar refractivity (Wildman–Crippen MR) is 75.8 cm³/mol. The number of carboxylic acid groups (broad SMARTS) is 1. The first-order valence-electron chi connectivity index (χ1n) is 6.89. The van der Waals surface area contributed by atoms with Crippen molar-refractivity contribution in [1.82, 2.24) is 15.1 Å². The van der Waals surface area contributed by atoms with E-state index in [-0.39, 0.29) is 17.3 Å². The zero-order chi connectivity index (χ0) is 15.3. The van der Waals surface area contributed by atoms with Crippen LogP contribution in [0.3, 0.4) is 0 Å². The van der Waals surface area contributed by atoms with Crippen molar-refractivity contribution >= 4 is 11.9 Å². The van der Waals surface area contributed by atoms with E-state index in [9.17, 15) is 9.59 Å². The number of hydrogen-bond donors (Lipinski definition) is 2. The van der Waals surface area contributed by atoms with Gasteiger partial charge in [-0.15, -0.1) is 0 Å². The van der Waals surface area contributed by atoms with Gasteiger partial charge in [-0.25, -0.2) is 4.79 Å². The molecule has 6 nitrogen and oxygen atoms in total. The van der Waals surface area contributed by atoms with Gasteiger partial charge in [-0.05, 0) is 19.3 Å². The average Bonchev–Trinajstić information content (AvgIpc) is 2.71. The number of amides is 1. The summed E-state index contributed by atoms with van der Waals surface area (Å²) in [4.78, 5) is 23.1. The van der Waals surface area contributed by atoms with Crippen LogP contribution in [0.1, 0.15) is 60.9 Å². The lowest BCUT2D eigenvalue weighted by Gasteiger charge is -2.13. The Morgan fingerprint density at radius 2 is 2.00 bits per heavy atom. The molecule has 1 heterocycles. The van der Waals surface area contributed by atoms with Crippen molar-refractivity contribution in [3.05, 3.63) is 17.5 Å². The molecule has 1 amide bonds. The summed E-state index contributed by atoms with van der Waals surface area (Å²) in [7, 11) is 1.59. The molecule has 1 aromatic rings. The highest BCUT2D eigenvalue weighted by Crippen LogP contribution is 2.10. The van der Waals surface area contributed by atoms with E-state index >= 15 is 0 Å². The summed E-state index contributed by atoms with van der Waals surface area (Å²) in [6, 6.07) is 0.00454. The van der Waals surface area contributed by atoms with Crippen molar-refractivity contribution in [2.75, 3.05) is 0 Å². The third-order valence-electron chi connectivity index (χ3n) is 3.07. The van der Waals surface area contributed by atoms with Crippen molar-refractivity contribution < 1.29 is 14.7 Å². The van der Waals surface area contributed by atoms with E-state index in [4.69, 9.17) is 5.11 Å². The van der Waals surface area contributed by atoms with Crippen LogP contribution < -0.4 is 5.32 Å². The largest absolute Gasteiger partial charge is 0.478 e. The normalized spacial score (nSPS) is 12.4. The third-order valence-corrected chi connectivity index (χ3v) is 3.07. The average molecular weight is 281 g/mol. The first-order valence-corrected chi connectivity index (χ1v) is 6.89. The minimum Gasteiger partial charge on any atom is -0.478 e. The Balaban J connectivity index is 2.60. The molecule has 0 spiro atoms. The van der Waals surface area contributed by atoms with Gasteiger partial charge in [0.2, 0.25) is 0 Å². The molecular weight excluding hydrogens is 258 g/mol. The van der Waals surface area contributed by atoms with Crippen LogP contribution in [0.2, 0.25) is 0 Å². The molecule has 0 aliphatic carbocycles. The van der Waals surface area contributed by atoms with Crippen LogP contribution in [0.4, 0.5) is 0 Å². The summed E-state index contributed by atoms with van der Waals surface area (Å²) >= 11 is 0. The van der Waals surface area contributed by atoms with E-state index in [1.54, 1.807) is 7.05 Å². The lowest BCUT2D eigenvalue weighted by Crippen LogP contribution is -2.33. The number of carbonyl (C=O) groups excluding carboxylic acids is 1. The lowest BCUT2D eigenvalue weighted by molar-refractivity contribution is 0.0690. The highest BCUT2D eigenvalue weighted by atomic mass is 16.4. The van der Waals surface area contributed by atoms with Gasteiger partial charge in [0.1, 0.15) is 5.56 Å². The standard InChI is InChI=1S/C14H23N3O3/c1-9(2)6-5-7-10(3)15-13(18)12-11(14(19)20)8-17(4)16-12/h8-10H,5-7H2,1-4H3,(H,15,18)(H,19,20)/t10-/m1/s1. The molecule has 112 valence electrons. The van der Waals surface area contributed by atoms with Crippen LogP contribution in [0.15, 0.2) is 6.20 Å². The van der Waals surface area contributed by atoms with Gasteiger partial charge in [-0.3, -0.25) is 9.48 Å². The Bertz CT molecular complexity index is 480. The highest BCUT2D eigenvalue weighted by Gasteiger charge is 2.21. The van der Waals surface area contributed by atoms with E-state index in [0.717, 1.165) is 19.3 Å². The summed E-state index contributed by atoms with van der Waals surface area (Å²) in [6.45, 7) is 6.24. The van der Waals surface area contributed by atoms with Crippen LogP contribution >= 0.6 is 0 Å². The van der Waals surface area contributed by atoms with Crippen LogP contribution in [0.25, 0.3) is 0 Å². The summed E-state index contributed by atoms with van der Waals surface area (Å²) < 4.78 is 1.34. The molecule has 0 bridgehead atoms. The first-order chi connectivity index (χ1) is 9.31. The van der Waals surface area contributed by atoms with Gasteiger partial charge in [0.25, 0.3) is 5.91 Å². The second kappa shape index (κ2) is 7.07. The number of hydrogen-bond acceptors (Lipinski definition) is 3. The van der Waals surface area contributed by atoms with Crippen LogP contribution in [-0.2, 0) is 7.05 Å². The highest BCUT2D eigenvalue weighted by molar-refractivity contribution is 6.03. The second-order valence-electron chi connectivity index (χ2n) is 5.57. The number of aryl methyl sites for hydroxylation is 1. The van der Waals surface area contributed by atoms with E-state index in [0.29, 0.717) is 5.92 Å². The van der Waals surface area contributed by atoms with Gasteiger partial charge in [0, 0.05) is 19.3 Å². The molecule has 0 saturated heterocycles. The molecule has 0 saturated carbocycles.